The molecule has 35 heavy (non-hydrogen) atoms. The van der Waals surface area contributed by atoms with E-state index in [2.05, 4.69) is 28.8 Å². The van der Waals surface area contributed by atoms with Crippen molar-refractivity contribution < 1.29 is 19.5 Å². The van der Waals surface area contributed by atoms with Crippen LogP contribution in [0.5, 0.6) is 0 Å². The minimum Gasteiger partial charge on any atom is -0.480 e. The normalized spacial score (nSPS) is 30.6. The highest BCUT2D eigenvalue weighted by molar-refractivity contribution is 8.18. The summed E-state index contributed by atoms with van der Waals surface area (Å²) in [6, 6.07) is 11.1. The molecule has 4 aliphatic carbocycles. The molecule has 5 fully saturated rings. The van der Waals surface area contributed by atoms with E-state index in [9.17, 15) is 14.4 Å². The summed E-state index contributed by atoms with van der Waals surface area (Å²) in [7, 11) is 0. The number of carboxylic acids is 1. The Morgan fingerprint density at radius 3 is 2.23 bits per heavy atom. The van der Waals surface area contributed by atoms with Crippen LogP contribution in [0.3, 0.4) is 0 Å². The molecule has 2 aromatic rings. The Hall–Kier alpha value is -2.80. The standard InChI is InChI=1S/C28H30N2O4S/c1-16-7-21(11-24-26(33)29(15-25(31)32)27(34)35-24)17(2)30(16)23-5-3-22(4-6-23)28-12-18-8-19(13-28)10-20(9-18)14-28/h3-7,11,18-20H,8-10,12-15H2,1-2H3,(H,31,32). The SMILES string of the molecule is Cc1cc(C=C2SC(=O)N(CC(=O)O)C2=O)c(C)n1-c1ccc(C23CC4CC(CC(C4)C2)C3)cc1. The van der Waals surface area contributed by atoms with Gasteiger partial charge in [-0.05, 0) is 123 Å². The monoisotopic (exact) mass is 490 g/mol. The lowest BCUT2D eigenvalue weighted by Gasteiger charge is -2.57. The van der Waals surface area contributed by atoms with Gasteiger partial charge in [0, 0.05) is 17.1 Å². The molecule has 4 bridgehead atoms. The second-order valence-corrected chi connectivity index (χ2v) is 12.1. The topological polar surface area (TPSA) is 79.6 Å². The first-order valence-electron chi connectivity index (χ1n) is 12.5. The minimum atomic E-state index is -1.20. The van der Waals surface area contributed by atoms with Gasteiger partial charge in [0.05, 0.1) is 4.91 Å². The van der Waals surface area contributed by atoms with Crippen LogP contribution in [-0.2, 0) is 15.0 Å². The van der Waals surface area contributed by atoms with Crippen molar-refractivity contribution in [3.05, 3.63) is 57.8 Å². The average molecular weight is 491 g/mol. The lowest BCUT2D eigenvalue weighted by atomic mass is 9.48. The largest absolute Gasteiger partial charge is 0.480 e. The van der Waals surface area contributed by atoms with Gasteiger partial charge in [-0.15, -0.1) is 0 Å². The highest BCUT2D eigenvalue weighted by Crippen LogP contribution is 2.60. The first-order chi connectivity index (χ1) is 16.7. The number of carbonyl (C=O) groups excluding carboxylic acids is 2. The number of carbonyl (C=O) groups is 3. The summed E-state index contributed by atoms with van der Waals surface area (Å²) in [4.78, 5) is 36.7. The van der Waals surface area contributed by atoms with Gasteiger partial charge in [0.25, 0.3) is 11.1 Å². The maximum absolute atomic E-state index is 12.6. The Morgan fingerprint density at radius 2 is 1.66 bits per heavy atom. The number of hydrogen-bond donors (Lipinski definition) is 1. The summed E-state index contributed by atoms with van der Waals surface area (Å²) in [5, 5.41) is 8.44. The molecule has 0 unspecified atom stereocenters. The zero-order chi connectivity index (χ0) is 24.5. The van der Waals surface area contributed by atoms with Crippen molar-refractivity contribution in [1.82, 2.24) is 9.47 Å². The molecule has 7 rings (SSSR count). The Labute approximate surface area is 209 Å². The number of aromatic nitrogens is 1. The van der Waals surface area contributed by atoms with Crippen LogP contribution in [0.1, 0.15) is 61.0 Å². The third-order valence-electron chi connectivity index (χ3n) is 8.70. The fraction of sp³-hybridized carbons (Fsp3) is 0.464. The summed E-state index contributed by atoms with van der Waals surface area (Å²) in [5.41, 5.74) is 5.84. The molecule has 182 valence electrons. The minimum absolute atomic E-state index is 0.258. The number of aryl methyl sites for hydroxylation is 1. The molecule has 0 atom stereocenters. The summed E-state index contributed by atoms with van der Waals surface area (Å²) in [6.07, 6.45) is 10.1. The number of carboxylic acid groups (broad SMARTS) is 1. The lowest BCUT2D eigenvalue weighted by Crippen LogP contribution is -2.48. The molecule has 0 spiro atoms. The summed E-state index contributed by atoms with van der Waals surface area (Å²) in [5.74, 6) is 0.996. The molecule has 1 saturated heterocycles. The first-order valence-corrected chi connectivity index (χ1v) is 13.3. The number of rotatable bonds is 5. The van der Waals surface area contributed by atoms with Crippen molar-refractivity contribution in [3.63, 3.8) is 0 Å². The number of thioether (sulfide) groups is 1. The van der Waals surface area contributed by atoms with Crippen LogP contribution in [0.25, 0.3) is 11.8 Å². The summed E-state index contributed by atoms with van der Waals surface area (Å²) in [6.45, 7) is 3.43. The molecular formula is C28H30N2O4S. The number of benzene rings is 1. The van der Waals surface area contributed by atoms with Gasteiger partial charge >= 0.3 is 5.97 Å². The Kier molecular flexibility index (Phi) is 5.25. The molecule has 1 N–H and O–H groups in total. The van der Waals surface area contributed by atoms with Gasteiger partial charge in [-0.1, -0.05) is 12.1 Å². The first kappa shape index (κ1) is 22.7. The molecule has 5 aliphatic rings. The summed E-state index contributed by atoms with van der Waals surface area (Å²) >= 11 is 0.793. The van der Waals surface area contributed by atoms with E-state index >= 15 is 0 Å². The molecule has 1 aromatic carbocycles. The zero-order valence-corrected chi connectivity index (χ0v) is 20.9. The van der Waals surface area contributed by atoms with Crippen molar-refractivity contribution in [2.45, 2.75) is 57.8 Å². The van der Waals surface area contributed by atoms with E-state index in [1.807, 2.05) is 19.9 Å². The Morgan fingerprint density at radius 1 is 1.06 bits per heavy atom. The average Bonchev–Trinajstić information content (AvgIpc) is 3.22. The smallest absolute Gasteiger partial charge is 0.323 e. The highest BCUT2D eigenvalue weighted by Gasteiger charge is 2.51. The Balaban J connectivity index is 1.27. The Bertz CT molecular complexity index is 1240. The second kappa shape index (κ2) is 8.12. The maximum Gasteiger partial charge on any atom is 0.323 e. The van der Waals surface area contributed by atoms with Crippen LogP contribution in [-0.4, -0.2) is 38.2 Å². The van der Waals surface area contributed by atoms with Crippen molar-refractivity contribution in [1.29, 1.82) is 0 Å². The predicted octanol–water partition coefficient (Wildman–Crippen LogP) is 5.68. The van der Waals surface area contributed by atoms with E-state index in [-0.39, 0.29) is 4.91 Å². The van der Waals surface area contributed by atoms with Crippen molar-refractivity contribution in [2.24, 2.45) is 17.8 Å². The van der Waals surface area contributed by atoms with Crippen LogP contribution in [0.2, 0.25) is 0 Å². The van der Waals surface area contributed by atoms with Crippen LogP contribution >= 0.6 is 11.8 Å². The second-order valence-electron chi connectivity index (χ2n) is 11.1. The summed E-state index contributed by atoms with van der Waals surface area (Å²) < 4.78 is 2.18. The van der Waals surface area contributed by atoms with Gasteiger partial charge < -0.3 is 9.67 Å². The van der Waals surface area contributed by atoms with Crippen LogP contribution in [0.15, 0.2) is 35.2 Å². The molecular weight excluding hydrogens is 460 g/mol. The van der Waals surface area contributed by atoms with Gasteiger partial charge in [0.2, 0.25) is 0 Å². The molecule has 4 saturated carbocycles. The molecule has 7 heteroatoms. The molecule has 2 amide bonds. The molecule has 1 aliphatic heterocycles. The van der Waals surface area contributed by atoms with Gasteiger partial charge in [0.15, 0.2) is 0 Å². The van der Waals surface area contributed by atoms with Crippen molar-refractivity contribution >= 4 is 35.0 Å². The predicted molar refractivity (Wildman–Crippen MR) is 135 cm³/mol. The van der Waals surface area contributed by atoms with E-state index in [0.29, 0.717) is 5.41 Å². The number of nitrogens with zero attached hydrogens (tertiary/aromatic N) is 2. The fourth-order valence-electron chi connectivity index (χ4n) is 7.67. The number of hydrogen-bond acceptors (Lipinski definition) is 4. The van der Waals surface area contributed by atoms with E-state index in [1.165, 1.54) is 44.1 Å². The van der Waals surface area contributed by atoms with E-state index < -0.39 is 23.7 Å². The molecule has 0 radical (unpaired) electrons. The molecule has 1 aromatic heterocycles. The number of aliphatic carboxylic acids is 1. The third kappa shape index (κ3) is 3.75. The van der Waals surface area contributed by atoms with Crippen LogP contribution in [0.4, 0.5) is 4.79 Å². The maximum atomic E-state index is 12.6. The van der Waals surface area contributed by atoms with E-state index in [1.54, 1.807) is 6.08 Å². The van der Waals surface area contributed by atoms with Gasteiger partial charge in [-0.2, -0.15) is 0 Å². The number of imide groups is 1. The van der Waals surface area contributed by atoms with Crippen molar-refractivity contribution in [3.8, 4) is 5.69 Å². The van der Waals surface area contributed by atoms with E-state index in [0.717, 1.165) is 57.1 Å². The van der Waals surface area contributed by atoms with E-state index in [4.69, 9.17) is 5.11 Å². The lowest BCUT2D eigenvalue weighted by molar-refractivity contribution is -0.140. The zero-order valence-electron chi connectivity index (χ0n) is 20.1. The number of amides is 2. The molecule has 6 nitrogen and oxygen atoms in total. The van der Waals surface area contributed by atoms with Crippen LogP contribution in [0, 0.1) is 31.6 Å². The van der Waals surface area contributed by atoms with Crippen molar-refractivity contribution in [2.75, 3.05) is 6.54 Å². The van der Waals surface area contributed by atoms with Gasteiger partial charge in [-0.25, -0.2) is 0 Å². The third-order valence-corrected chi connectivity index (χ3v) is 9.61. The van der Waals surface area contributed by atoms with Crippen LogP contribution < -0.4 is 0 Å². The fourth-order valence-corrected chi connectivity index (χ4v) is 8.50. The van der Waals surface area contributed by atoms with Gasteiger partial charge in [0.1, 0.15) is 6.54 Å². The quantitative estimate of drug-likeness (QED) is 0.545. The van der Waals surface area contributed by atoms with Gasteiger partial charge in [-0.3, -0.25) is 19.3 Å². The highest BCUT2D eigenvalue weighted by atomic mass is 32.2. The molecule has 2 heterocycles.